The maximum Gasteiger partial charge on any atom is 0.408 e. The molecule has 0 bridgehead atoms. The van der Waals surface area contributed by atoms with Crippen molar-refractivity contribution in [1.82, 2.24) is 21.3 Å². The molecule has 5 N–H and O–H groups in total. The lowest BCUT2D eigenvalue weighted by Gasteiger charge is -2.30. The molecule has 2 unspecified atom stereocenters. The SMILES string of the molecule is O=C(N[C@@H](CC1CCCCC1)C(=O)N[C@@H](C[C@@H]1CCNC1=O)C(O)C(=O)NC1CC1)OC(Cc1cccc(Cl)c1)c1cccc(Cl)c1. The summed E-state index contributed by atoms with van der Waals surface area (Å²) in [6, 6.07) is 12.3. The molecule has 10 nitrogen and oxygen atoms in total. The van der Waals surface area contributed by atoms with Crippen molar-refractivity contribution >= 4 is 47.0 Å². The van der Waals surface area contributed by atoms with Gasteiger partial charge in [0.2, 0.25) is 11.8 Å². The number of benzene rings is 2. The van der Waals surface area contributed by atoms with Gasteiger partial charge in [-0.05, 0) is 73.4 Å². The van der Waals surface area contributed by atoms with E-state index in [-0.39, 0.29) is 24.3 Å². The fourth-order valence-electron chi connectivity index (χ4n) is 6.53. The molecule has 1 heterocycles. The molecule has 0 aromatic heterocycles. The number of amides is 4. The average molecular weight is 688 g/mol. The zero-order valence-electron chi connectivity index (χ0n) is 26.4. The van der Waals surface area contributed by atoms with E-state index < -0.39 is 48.1 Å². The summed E-state index contributed by atoms with van der Waals surface area (Å²) in [7, 11) is 0. The van der Waals surface area contributed by atoms with E-state index in [9.17, 15) is 24.3 Å². The van der Waals surface area contributed by atoms with Crippen LogP contribution in [0.2, 0.25) is 10.0 Å². The predicted molar refractivity (Wildman–Crippen MR) is 179 cm³/mol. The van der Waals surface area contributed by atoms with Crippen LogP contribution in [-0.4, -0.2) is 59.7 Å². The summed E-state index contributed by atoms with van der Waals surface area (Å²) < 4.78 is 5.97. The van der Waals surface area contributed by atoms with Crippen LogP contribution in [0.4, 0.5) is 4.79 Å². The first-order valence-corrected chi connectivity index (χ1v) is 17.4. The van der Waals surface area contributed by atoms with Crippen LogP contribution < -0.4 is 21.3 Å². The number of aliphatic hydroxyl groups excluding tert-OH is 1. The zero-order chi connectivity index (χ0) is 33.3. The second-order valence-corrected chi connectivity index (χ2v) is 13.9. The van der Waals surface area contributed by atoms with E-state index in [1.165, 1.54) is 0 Å². The van der Waals surface area contributed by atoms with Gasteiger partial charge < -0.3 is 31.1 Å². The van der Waals surface area contributed by atoms with Gasteiger partial charge in [0, 0.05) is 35.0 Å². The lowest BCUT2D eigenvalue weighted by molar-refractivity contribution is -0.134. The number of rotatable bonds is 14. The van der Waals surface area contributed by atoms with Gasteiger partial charge in [-0.15, -0.1) is 0 Å². The van der Waals surface area contributed by atoms with Crippen LogP contribution in [0.5, 0.6) is 0 Å². The Morgan fingerprint density at radius 2 is 1.62 bits per heavy atom. The minimum absolute atomic E-state index is 0.0121. The fourth-order valence-corrected chi connectivity index (χ4v) is 6.94. The number of ether oxygens (including phenoxy) is 1. The van der Waals surface area contributed by atoms with E-state index in [0.717, 1.165) is 50.5 Å². The Morgan fingerprint density at radius 3 is 2.28 bits per heavy atom. The third-order valence-electron chi connectivity index (χ3n) is 9.28. The second kappa shape index (κ2) is 16.7. The molecule has 0 radical (unpaired) electrons. The first kappa shape index (κ1) is 35.0. The Morgan fingerprint density at radius 1 is 0.894 bits per heavy atom. The average Bonchev–Trinajstić information content (AvgIpc) is 3.78. The Bertz CT molecular complexity index is 1420. The van der Waals surface area contributed by atoms with Crippen LogP contribution >= 0.6 is 23.2 Å². The Labute approximate surface area is 285 Å². The molecule has 5 atom stereocenters. The molecular weight excluding hydrogens is 643 g/mol. The highest BCUT2D eigenvalue weighted by Crippen LogP contribution is 2.29. The van der Waals surface area contributed by atoms with E-state index >= 15 is 0 Å². The van der Waals surface area contributed by atoms with Crippen molar-refractivity contribution in [3.63, 3.8) is 0 Å². The summed E-state index contributed by atoms with van der Waals surface area (Å²) in [6.45, 7) is 0.495. The first-order valence-electron chi connectivity index (χ1n) is 16.7. The number of aliphatic hydroxyl groups is 1. The maximum absolute atomic E-state index is 14.0. The second-order valence-electron chi connectivity index (χ2n) is 13.1. The normalized spacial score (nSPS) is 20.7. The number of alkyl carbamates (subject to hydrolysis) is 1. The summed E-state index contributed by atoms with van der Waals surface area (Å²) in [4.78, 5) is 52.8. The number of halogens is 2. The maximum atomic E-state index is 14.0. The fraction of sp³-hybridized carbons (Fsp3) is 0.543. The molecular formula is C35H44Cl2N4O6. The Balaban J connectivity index is 1.33. The number of nitrogens with one attached hydrogen (secondary N) is 4. The van der Waals surface area contributed by atoms with E-state index in [0.29, 0.717) is 41.4 Å². The van der Waals surface area contributed by atoms with Crippen LogP contribution in [0.15, 0.2) is 48.5 Å². The van der Waals surface area contributed by atoms with Gasteiger partial charge in [-0.25, -0.2) is 4.79 Å². The number of carbonyl (C=O) groups excluding carboxylic acids is 4. The van der Waals surface area contributed by atoms with Crippen molar-refractivity contribution in [2.24, 2.45) is 11.8 Å². The van der Waals surface area contributed by atoms with Crippen molar-refractivity contribution in [1.29, 1.82) is 0 Å². The lowest BCUT2D eigenvalue weighted by Crippen LogP contribution is -2.56. The number of hydrogen-bond acceptors (Lipinski definition) is 6. The molecule has 2 saturated carbocycles. The smallest absolute Gasteiger partial charge is 0.408 e. The highest BCUT2D eigenvalue weighted by Gasteiger charge is 2.38. The Kier molecular flexibility index (Phi) is 12.4. The summed E-state index contributed by atoms with van der Waals surface area (Å²) in [5.74, 6) is -1.55. The van der Waals surface area contributed by atoms with Gasteiger partial charge in [-0.2, -0.15) is 0 Å². The largest absolute Gasteiger partial charge is 0.441 e. The lowest BCUT2D eigenvalue weighted by atomic mass is 9.84. The highest BCUT2D eigenvalue weighted by atomic mass is 35.5. The molecule has 254 valence electrons. The van der Waals surface area contributed by atoms with Crippen LogP contribution in [0.1, 0.15) is 81.4 Å². The van der Waals surface area contributed by atoms with Gasteiger partial charge in [0.1, 0.15) is 12.1 Å². The summed E-state index contributed by atoms with van der Waals surface area (Å²) in [6.07, 6.45) is 4.99. The van der Waals surface area contributed by atoms with Crippen molar-refractivity contribution in [2.75, 3.05) is 6.54 Å². The summed E-state index contributed by atoms with van der Waals surface area (Å²) in [5.41, 5.74) is 1.53. The molecule has 5 rings (SSSR count). The molecule has 0 spiro atoms. The zero-order valence-corrected chi connectivity index (χ0v) is 27.9. The molecule has 12 heteroatoms. The Hall–Kier alpha value is -3.34. The van der Waals surface area contributed by atoms with Crippen molar-refractivity contribution in [3.05, 3.63) is 69.7 Å². The monoisotopic (exact) mass is 686 g/mol. The molecule has 3 aliphatic rings. The predicted octanol–water partition coefficient (Wildman–Crippen LogP) is 4.99. The molecule has 1 saturated heterocycles. The number of hydrogen-bond donors (Lipinski definition) is 5. The molecule has 2 aromatic rings. The molecule has 3 fully saturated rings. The van der Waals surface area contributed by atoms with Crippen molar-refractivity contribution in [3.8, 4) is 0 Å². The standard InChI is InChI=1S/C35H44Cl2N4O6/c36-25-10-4-8-22(16-25)18-30(23-9-5-11-26(37)19-23)47-35(46)41-29(17-21-6-2-1-3-7-21)33(44)40-28(20-24-14-15-38-32(24)43)31(42)34(45)39-27-12-13-27/h4-5,8-11,16,19,21,24,27-31,42H,1-3,6-7,12-15,17-18,20H2,(H,38,43)(H,39,45)(H,40,44)(H,41,46)/t24-,28-,29-,30?,31?/m0/s1. The van der Waals surface area contributed by atoms with Crippen LogP contribution in [-0.2, 0) is 25.5 Å². The van der Waals surface area contributed by atoms with Crippen molar-refractivity contribution in [2.45, 2.75) is 101 Å². The minimum Gasteiger partial charge on any atom is -0.441 e. The van der Waals surface area contributed by atoms with Crippen LogP contribution in [0.3, 0.4) is 0 Å². The third kappa shape index (κ3) is 10.6. The minimum atomic E-state index is -1.56. The van der Waals surface area contributed by atoms with Gasteiger partial charge in [-0.3, -0.25) is 14.4 Å². The quantitative estimate of drug-likeness (QED) is 0.189. The van der Waals surface area contributed by atoms with Gasteiger partial charge in [0.25, 0.3) is 5.91 Å². The van der Waals surface area contributed by atoms with Gasteiger partial charge in [0.15, 0.2) is 6.10 Å². The van der Waals surface area contributed by atoms with E-state index in [1.807, 2.05) is 18.2 Å². The van der Waals surface area contributed by atoms with Gasteiger partial charge >= 0.3 is 6.09 Å². The summed E-state index contributed by atoms with van der Waals surface area (Å²) >= 11 is 12.5. The van der Waals surface area contributed by atoms with Crippen LogP contribution in [0, 0.1) is 11.8 Å². The van der Waals surface area contributed by atoms with E-state index in [1.54, 1.807) is 30.3 Å². The van der Waals surface area contributed by atoms with Crippen LogP contribution in [0.25, 0.3) is 0 Å². The molecule has 4 amide bonds. The van der Waals surface area contributed by atoms with E-state index in [2.05, 4.69) is 21.3 Å². The third-order valence-corrected chi connectivity index (χ3v) is 9.75. The molecule has 47 heavy (non-hydrogen) atoms. The van der Waals surface area contributed by atoms with Gasteiger partial charge in [0.05, 0.1) is 6.04 Å². The molecule has 2 aliphatic carbocycles. The highest BCUT2D eigenvalue weighted by molar-refractivity contribution is 6.30. The van der Waals surface area contributed by atoms with Gasteiger partial charge in [-0.1, -0.05) is 79.6 Å². The van der Waals surface area contributed by atoms with E-state index in [4.69, 9.17) is 27.9 Å². The summed E-state index contributed by atoms with van der Waals surface area (Å²) in [5, 5.41) is 23.3. The molecule has 1 aliphatic heterocycles. The van der Waals surface area contributed by atoms with Crippen molar-refractivity contribution < 1.29 is 29.0 Å². The topological polar surface area (TPSA) is 146 Å². The number of carbonyl (C=O) groups is 4. The first-order chi connectivity index (χ1) is 22.6. The molecule has 2 aromatic carbocycles.